The molecule has 0 saturated carbocycles. The van der Waals surface area contributed by atoms with Crippen LogP contribution in [0.2, 0.25) is 5.02 Å². The SMILES string of the molecule is O=C(Nc1ccc(I)cc1)c1cccc2c(Cl)cccc12. The summed E-state index contributed by atoms with van der Waals surface area (Å²) >= 11 is 8.41. The standard InChI is InChI=1S/C17H11ClINO/c18-16-6-2-3-13-14(16)4-1-5-15(13)17(21)20-12-9-7-11(19)8-10-12/h1-10H,(H,20,21). The maximum atomic E-state index is 12.5. The minimum absolute atomic E-state index is 0.135. The normalized spacial score (nSPS) is 10.6. The third-order valence-corrected chi connectivity index (χ3v) is 4.26. The first-order valence-electron chi connectivity index (χ1n) is 6.39. The lowest BCUT2D eigenvalue weighted by Crippen LogP contribution is -2.12. The van der Waals surface area contributed by atoms with Crippen LogP contribution >= 0.6 is 34.2 Å². The van der Waals surface area contributed by atoms with Crippen molar-refractivity contribution in [2.45, 2.75) is 0 Å². The predicted molar refractivity (Wildman–Crippen MR) is 96.1 cm³/mol. The summed E-state index contributed by atoms with van der Waals surface area (Å²) in [6.07, 6.45) is 0. The number of anilines is 1. The summed E-state index contributed by atoms with van der Waals surface area (Å²) in [7, 11) is 0. The fourth-order valence-electron chi connectivity index (χ4n) is 2.20. The molecule has 0 saturated heterocycles. The molecule has 0 unspecified atom stereocenters. The smallest absolute Gasteiger partial charge is 0.256 e. The van der Waals surface area contributed by atoms with Gasteiger partial charge >= 0.3 is 0 Å². The number of fused-ring (bicyclic) bond motifs is 1. The number of hydrogen-bond donors (Lipinski definition) is 1. The Hall–Kier alpha value is -1.59. The zero-order valence-electron chi connectivity index (χ0n) is 10.9. The maximum Gasteiger partial charge on any atom is 0.256 e. The zero-order valence-corrected chi connectivity index (χ0v) is 13.9. The van der Waals surface area contributed by atoms with Gasteiger partial charge < -0.3 is 5.32 Å². The Morgan fingerprint density at radius 2 is 1.57 bits per heavy atom. The van der Waals surface area contributed by atoms with Crippen molar-refractivity contribution in [2.24, 2.45) is 0 Å². The van der Waals surface area contributed by atoms with Crippen LogP contribution in [0.3, 0.4) is 0 Å². The highest BCUT2D eigenvalue weighted by Gasteiger charge is 2.11. The lowest BCUT2D eigenvalue weighted by molar-refractivity contribution is 0.102. The number of benzene rings is 3. The number of carbonyl (C=O) groups is 1. The number of amides is 1. The number of rotatable bonds is 2. The molecular weight excluding hydrogens is 397 g/mol. The van der Waals surface area contributed by atoms with Crippen LogP contribution in [0.1, 0.15) is 10.4 Å². The molecule has 0 radical (unpaired) electrons. The van der Waals surface area contributed by atoms with E-state index in [0.29, 0.717) is 10.6 Å². The summed E-state index contributed by atoms with van der Waals surface area (Å²) in [6, 6.07) is 18.8. The second kappa shape index (κ2) is 6.03. The van der Waals surface area contributed by atoms with Crippen molar-refractivity contribution < 1.29 is 4.79 Å². The maximum absolute atomic E-state index is 12.5. The van der Waals surface area contributed by atoms with Gasteiger partial charge in [0.2, 0.25) is 0 Å². The van der Waals surface area contributed by atoms with Gasteiger partial charge in [-0.25, -0.2) is 0 Å². The van der Waals surface area contributed by atoms with Gasteiger partial charge in [-0.15, -0.1) is 0 Å². The molecule has 3 aromatic carbocycles. The van der Waals surface area contributed by atoms with Crippen LogP contribution in [-0.4, -0.2) is 5.91 Å². The Kier molecular flexibility index (Phi) is 4.12. The van der Waals surface area contributed by atoms with Crippen LogP contribution in [0.5, 0.6) is 0 Å². The van der Waals surface area contributed by atoms with Crippen LogP contribution in [0.15, 0.2) is 60.7 Å². The Morgan fingerprint density at radius 3 is 2.33 bits per heavy atom. The van der Waals surface area contributed by atoms with Crippen molar-refractivity contribution in [3.8, 4) is 0 Å². The van der Waals surface area contributed by atoms with E-state index in [1.54, 1.807) is 6.07 Å². The molecular formula is C17H11ClINO. The molecule has 0 atom stereocenters. The molecule has 104 valence electrons. The summed E-state index contributed by atoms with van der Waals surface area (Å²) in [6.45, 7) is 0. The average molecular weight is 408 g/mol. The van der Waals surface area contributed by atoms with Crippen LogP contribution in [0.4, 0.5) is 5.69 Å². The summed E-state index contributed by atoms with van der Waals surface area (Å²) < 4.78 is 1.13. The first-order valence-corrected chi connectivity index (χ1v) is 7.85. The molecule has 0 bridgehead atoms. The van der Waals surface area contributed by atoms with Gasteiger partial charge in [0.1, 0.15) is 0 Å². The molecule has 3 rings (SSSR count). The van der Waals surface area contributed by atoms with Crippen molar-refractivity contribution in [3.05, 3.63) is 74.8 Å². The average Bonchev–Trinajstić information content (AvgIpc) is 2.49. The predicted octanol–water partition coefficient (Wildman–Crippen LogP) is 5.35. The molecule has 1 amide bonds. The first kappa shape index (κ1) is 14.4. The summed E-state index contributed by atoms with van der Waals surface area (Å²) in [4.78, 5) is 12.5. The second-order valence-corrected chi connectivity index (χ2v) is 6.25. The number of nitrogens with one attached hydrogen (secondary N) is 1. The zero-order chi connectivity index (χ0) is 14.8. The molecule has 0 aliphatic carbocycles. The van der Waals surface area contributed by atoms with E-state index in [2.05, 4.69) is 27.9 Å². The Labute approximate surface area is 141 Å². The number of halogens is 2. The molecule has 1 N–H and O–H groups in total. The lowest BCUT2D eigenvalue weighted by Gasteiger charge is -2.09. The molecule has 0 heterocycles. The highest BCUT2D eigenvalue weighted by Crippen LogP contribution is 2.26. The van der Waals surface area contributed by atoms with Crippen molar-refractivity contribution in [1.82, 2.24) is 0 Å². The fourth-order valence-corrected chi connectivity index (χ4v) is 2.80. The lowest BCUT2D eigenvalue weighted by atomic mass is 10.0. The van der Waals surface area contributed by atoms with Crippen LogP contribution < -0.4 is 5.32 Å². The van der Waals surface area contributed by atoms with E-state index in [-0.39, 0.29) is 5.91 Å². The minimum atomic E-state index is -0.135. The summed E-state index contributed by atoms with van der Waals surface area (Å²) in [5.41, 5.74) is 1.40. The first-order chi connectivity index (χ1) is 10.1. The van der Waals surface area contributed by atoms with E-state index in [4.69, 9.17) is 11.6 Å². The van der Waals surface area contributed by atoms with Gasteiger partial charge in [0, 0.05) is 25.2 Å². The summed E-state index contributed by atoms with van der Waals surface area (Å²) in [5.74, 6) is -0.135. The van der Waals surface area contributed by atoms with E-state index in [0.717, 1.165) is 20.0 Å². The fraction of sp³-hybridized carbons (Fsp3) is 0. The van der Waals surface area contributed by atoms with Crippen molar-refractivity contribution >= 4 is 56.6 Å². The molecule has 2 nitrogen and oxygen atoms in total. The molecule has 0 aliphatic rings. The highest BCUT2D eigenvalue weighted by molar-refractivity contribution is 14.1. The van der Waals surface area contributed by atoms with Crippen LogP contribution in [0, 0.1) is 3.57 Å². The molecule has 0 spiro atoms. The van der Waals surface area contributed by atoms with Gasteiger partial charge in [0.05, 0.1) is 0 Å². The third kappa shape index (κ3) is 3.04. The van der Waals surface area contributed by atoms with E-state index < -0.39 is 0 Å². The Balaban J connectivity index is 1.98. The minimum Gasteiger partial charge on any atom is -0.322 e. The van der Waals surface area contributed by atoms with Crippen LogP contribution in [0.25, 0.3) is 10.8 Å². The van der Waals surface area contributed by atoms with Gasteiger partial charge in [-0.3, -0.25) is 4.79 Å². The Morgan fingerprint density at radius 1 is 0.905 bits per heavy atom. The third-order valence-electron chi connectivity index (χ3n) is 3.22. The van der Waals surface area contributed by atoms with Gasteiger partial charge in [-0.05, 0) is 64.4 Å². The molecule has 0 aliphatic heterocycles. The quantitative estimate of drug-likeness (QED) is 0.570. The van der Waals surface area contributed by atoms with E-state index >= 15 is 0 Å². The van der Waals surface area contributed by atoms with Crippen LogP contribution in [-0.2, 0) is 0 Å². The molecule has 4 heteroatoms. The van der Waals surface area contributed by atoms with Gasteiger partial charge in [-0.2, -0.15) is 0 Å². The van der Waals surface area contributed by atoms with Gasteiger partial charge in [-0.1, -0.05) is 35.9 Å². The molecule has 0 aromatic heterocycles. The largest absolute Gasteiger partial charge is 0.322 e. The van der Waals surface area contributed by atoms with E-state index in [9.17, 15) is 4.79 Å². The van der Waals surface area contributed by atoms with E-state index in [1.807, 2.05) is 54.6 Å². The summed E-state index contributed by atoms with van der Waals surface area (Å²) in [5, 5.41) is 5.30. The monoisotopic (exact) mass is 407 g/mol. The number of hydrogen-bond acceptors (Lipinski definition) is 1. The molecule has 3 aromatic rings. The van der Waals surface area contributed by atoms with Crippen molar-refractivity contribution in [2.75, 3.05) is 5.32 Å². The number of carbonyl (C=O) groups excluding carboxylic acids is 1. The molecule has 21 heavy (non-hydrogen) atoms. The Bertz CT molecular complexity index is 815. The molecule has 0 fully saturated rings. The van der Waals surface area contributed by atoms with Crippen molar-refractivity contribution in [1.29, 1.82) is 0 Å². The highest BCUT2D eigenvalue weighted by atomic mass is 127. The van der Waals surface area contributed by atoms with Crippen molar-refractivity contribution in [3.63, 3.8) is 0 Å². The van der Waals surface area contributed by atoms with E-state index in [1.165, 1.54) is 0 Å². The van der Waals surface area contributed by atoms with Gasteiger partial charge in [0.25, 0.3) is 5.91 Å². The topological polar surface area (TPSA) is 29.1 Å². The second-order valence-electron chi connectivity index (χ2n) is 4.60. The van der Waals surface area contributed by atoms with Gasteiger partial charge in [0.15, 0.2) is 0 Å².